The van der Waals surface area contributed by atoms with Crippen LogP contribution >= 0.6 is 0 Å². The van der Waals surface area contributed by atoms with Crippen LogP contribution in [0, 0.1) is 0 Å². The molecule has 5 nitrogen and oxygen atoms in total. The first-order valence-electron chi connectivity index (χ1n) is 4.52. The van der Waals surface area contributed by atoms with E-state index >= 15 is 0 Å². The first kappa shape index (κ1) is 11.4. The second-order valence-electron chi connectivity index (χ2n) is 3.75. The summed E-state index contributed by atoms with van der Waals surface area (Å²) in [6, 6.07) is 0. The van der Waals surface area contributed by atoms with E-state index in [1.807, 2.05) is 0 Å². The Morgan fingerprint density at radius 1 is 1.71 bits per heavy atom. The van der Waals surface area contributed by atoms with Crippen LogP contribution < -0.4 is 0 Å². The Kier molecular flexibility index (Phi) is 3.47. The standard InChI is InChI=1S/C9H16O5/c1-9(2)13-5-6(14-9)4-7(12-3)8(10)11/h6-7H,4-5H2,1-3H3,(H,10,11). The van der Waals surface area contributed by atoms with Crippen LogP contribution in [0.15, 0.2) is 0 Å². The molecule has 1 fully saturated rings. The van der Waals surface area contributed by atoms with Gasteiger partial charge in [-0.3, -0.25) is 0 Å². The van der Waals surface area contributed by atoms with Gasteiger partial charge in [0, 0.05) is 13.5 Å². The molecule has 1 aliphatic heterocycles. The summed E-state index contributed by atoms with van der Waals surface area (Å²) in [7, 11) is 1.37. The van der Waals surface area contributed by atoms with E-state index in [0.29, 0.717) is 13.0 Å². The van der Waals surface area contributed by atoms with E-state index in [2.05, 4.69) is 0 Å². The van der Waals surface area contributed by atoms with Crippen molar-refractivity contribution in [3.63, 3.8) is 0 Å². The van der Waals surface area contributed by atoms with Crippen LogP contribution in [0.2, 0.25) is 0 Å². The van der Waals surface area contributed by atoms with Gasteiger partial charge in [-0.2, -0.15) is 0 Å². The maximum Gasteiger partial charge on any atom is 0.332 e. The molecule has 1 heterocycles. The van der Waals surface area contributed by atoms with Crippen molar-refractivity contribution < 1.29 is 24.1 Å². The van der Waals surface area contributed by atoms with E-state index < -0.39 is 17.9 Å². The first-order valence-corrected chi connectivity index (χ1v) is 4.52. The fourth-order valence-electron chi connectivity index (χ4n) is 1.42. The monoisotopic (exact) mass is 204 g/mol. The maximum absolute atomic E-state index is 10.7. The van der Waals surface area contributed by atoms with Gasteiger partial charge in [-0.1, -0.05) is 0 Å². The summed E-state index contributed by atoms with van der Waals surface area (Å²) in [6.07, 6.45) is -0.710. The highest BCUT2D eigenvalue weighted by molar-refractivity contribution is 5.72. The molecule has 2 atom stereocenters. The molecule has 0 bridgehead atoms. The van der Waals surface area contributed by atoms with Gasteiger partial charge >= 0.3 is 5.97 Å². The van der Waals surface area contributed by atoms with E-state index in [0.717, 1.165) is 0 Å². The van der Waals surface area contributed by atoms with Crippen LogP contribution in [0.1, 0.15) is 20.3 Å². The van der Waals surface area contributed by atoms with Crippen molar-refractivity contribution >= 4 is 5.97 Å². The number of carboxylic acids is 1. The molecule has 0 radical (unpaired) electrons. The van der Waals surface area contributed by atoms with Crippen LogP contribution in [0.3, 0.4) is 0 Å². The highest BCUT2D eigenvalue weighted by Gasteiger charge is 2.35. The number of aliphatic carboxylic acids is 1. The van der Waals surface area contributed by atoms with E-state index in [1.54, 1.807) is 13.8 Å². The van der Waals surface area contributed by atoms with E-state index in [4.69, 9.17) is 19.3 Å². The second kappa shape index (κ2) is 4.25. The average Bonchev–Trinajstić information content (AvgIpc) is 2.41. The Hall–Kier alpha value is -0.650. The van der Waals surface area contributed by atoms with Gasteiger partial charge in [0.1, 0.15) is 0 Å². The van der Waals surface area contributed by atoms with Gasteiger partial charge in [0.15, 0.2) is 11.9 Å². The number of carbonyl (C=O) groups is 1. The van der Waals surface area contributed by atoms with Gasteiger partial charge in [-0.25, -0.2) is 4.79 Å². The smallest absolute Gasteiger partial charge is 0.332 e. The molecule has 2 unspecified atom stereocenters. The number of ether oxygens (including phenoxy) is 3. The minimum absolute atomic E-state index is 0.203. The molecule has 0 aliphatic carbocycles. The summed E-state index contributed by atoms with van der Waals surface area (Å²) < 4.78 is 15.6. The maximum atomic E-state index is 10.7. The Morgan fingerprint density at radius 2 is 2.36 bits per heavy atom. The Balaban J connectivity index is 2.42. The molecule has 0 spiro atoms. The normalized spacial score (nSPS) is 27.5. The van der Waals surface area contributed by atoms with E-state index in [9.17, 15) is 4.79 Å². The zero-order valence-electron chi connectivity index (χ0n) is 8.65. The molecule has 0 amide bonds. The molecule has 82 valence electrons. The highest BCUT2D eigenvalue weighted by atomic mass is 16.7. The van der Waals surface area contributed by atoms with Crippen molar-refractivity contribution in [2.24, 2.45) is 0 Å². The third-order valence-electron chi connectivity index (χ3n) is 2.10. The lowest BCUT2D eigenvalue weighted by molar-refractivity contribution is -0.156. The minimum atomic E-state index is -0.971. The molecule has 5 heteroatoms. The molecule has 1 aliphatic rings. The van der Waals surface area contributed by atoms with Crippen LogP contribution in [0.5, 0.6) is 0 Å². The van der Waals surface area contributed by atoms with Crippen molar-refractivity contribution in [2.45, 2.75) is 38.3 Å². The molecule has 0 saturated carbocycles. The molecular formula is C9H16O5. The van der Waals surface area contributed by atoms with Crippen LogP contribution in [0.25, 0.3) is 0 Å². The lowest BCUT2D eigenvalue weighted by atomic mass is 10.1. The van der Waals surface area contributed by atoms with Gasteiger partial charge in [0.25, 0.3) is 0 Å². The molecule has 1 saturated heterocycles. The van der Waals surface area contributed by atoms with Crippen molar-refractivity contribution in [2.75, 3.05) is 13.7 Å². The molecule has 0 aromatic carbocycles. The number of rotatable bonds is 4. The SMILES string of the molecule is COC(CC1COC(C)(C)O1)C(=O)O. The van der Waals surface area contributed by atoms with E-state index in [-0.39, 0.29) is 6.10 Å². The van der Waals surface area contributed by atoms with Gasteiger partial charge < -0.3 is 19.3 Å². The predicted octanol–water partition coefficient (Wildman–Crippen LogP) is 0.628. The fraction of sp³-hybridized carbons (Fsp3) is 0.889. The Morgan fingerprint density at radius 3 is 2.71 bits per heavy atom. The quantitative estimate of drug-likeness (QED) is 0.727. The van der Waals surface area contributed by atoms with Crippen LogP contribution in [-0.2, 0) is 19.0 Å². The lowest BCUT2D eigenvalue weighted by Gasteiger charge is -2.18. The number of methoxy groups -OCH3 is 1. The van der Waals surface area contributed by atoms with E-state index in [1.165, 1.54) is 7.11 Å². The first-order chi connectivity index (χ1) is 6.44. The molecule has 0 aromatic rings. The number of hydrogen-bond donors (Lipinski definition) is 1. The van der Waals surface area contributed by atoms with Crippen molar-refractivity contribution in [1.82, 2.24) is 0 Å². The zero-order chi connectivity index (χ0) is 10.8. The van der Waals surface area contributed by atoms with Crippen molar-refractivity contribution in [3.05, 3.63) is 0 Å². The number of hydrogen-bond acceptors (Lipinski definition) is 4. The third kappa shape index (κ3) is 2.94. The average molecular weight is 204 g/mol. The number of carboxylic acid groups (broad SMARTS) is 1. The topological polar surface area (TPSA) is 65.0 Å². The van der Waals surface area contributed by atoms with Crippen LogP contribution in [0.4, 0.5) is 0 Å². The molecule has 0 aromatic heterocycles. The van der Waals surface area contributed by atoms with Crippen molar-refractivity contribution in [1.29, 1.82) is 0 Å². The summed E-state index contributed by atoms with van der Waals surface area (Å²) >= 11 is 0. The summed E-state index contributed by atoms with van der Waals surface area (Å²) in [5.74, 6) is -1.58. The fourth-order valence-corrected chi connectivity index (χ4v) is 1.42. The third-order valence-corrected chi connectivity index (χ3v) is 2.10. The summed E-state index contributed by atoms with van der Waals surface area (Å²) in [4.78, 5) is 10.7. The Bertz CT molecular complexity index is 213. The Labute approximate surface area is 82.9 Å². The van der Waals surface area contributed by atoms with Crippen LogP contribution in [-0.4, -0.2) is 42.8 Å². The summed E-state index contributed by atoms with van der Waals surface area (Å²) in [5.41, 5.74) is 0. The molecule has 1 N–H and O–H groups in total. The predicted molar refractivity (Wildman–Crippen MR) is 48.0 cm³/mol. The molecule has 14 heavy (non-hydrogen) atoms. The van der Waals surface area contributed by atoms with Crippen molar-refractivity contribution in [3.8, 4) is 0 Å². The minimum Gasteiger partial charge on any atom is -0.479 e. The van der Waals surface area contributed by atoms with Gasteiger partial charge in [0.05, 0.1) is 12.7 Å². The zero-order valence-corrected chi connectivity index (χ0v) is 8.65. The van der Waals surface area contributed by atoms with Gasteiger partial charge in [-0.15, -0.1) is 0 Å². The molecular weight excluding hydrogens is 188 g/mol. The largest absolute Gasteiger partial charge is 0.479 e. The highest BCUT2D eigenvalue weighted by Crippen LogP contribution is 2.25. The summed E-state index contributed by atoms with van der Waals surface area (Å²) in [5, 5.41) is 8.74. The lowest BCUT2D eigenvalue weighted by Crippen LogP contribution is -2.30. The van der Waals surface area contributed by atoms with Gasteiger partial charge in [0.2, 0.25) is 0 Å². The second-order valence-corrected chi connectivity index (χ2v) is 3.75. The van der Waals surface area contributed by atoms with Gasteiger partial charge in [-0.05, 0) is 13.8 Å². The molecule has 1 rings (SSSR count). The summed E-state index contributed by atoms with van der Waals surface area (Å²) in [6.45, 7) is 4.02.